The highest BCUT2D eigenvalue weighted by Gasteiger charge is 2.43. The summed E-state index contributed by atoms with van der Waals surface area (Å²) in [5, 5.41) is 0. The van der Waals surface area contributed by atoms with Crippen molar-refractivity contribution in [3.63, 3.8) is 0 Å². The first kappa shape index (κ1) is 18.3. The van der Waals surface area contributed by atoms with E-state index < -0.39 is 20.7 Å². The van der Waals surface area contributed by atoms with Gasteiger partial charge in [0.15, 0.2) is 0 Å². The molecule has 6 nitrogen and oxygen atoms in total. The summed E-state index contributed by atoms with van der Waals surface area (Å²) in [4.78, 5) is 22.7. The lowest BCUT2D eigenvalue weighted by molar-refractivity contribution is -0.153. The van der Waals surface area contributed by atoms with Gasteiger partial charge in [0, 0.05) is 25.9 Å². The van der Waals surface area contributed by atoms with E-state index in [1.54, 1.807) is 0 Å². The molecule has 122 valence electrons. The smallest absolute Gasteiger partial charge is 0.393 e. The van der Waals surface area contributed by atoms with Crippen LogP contribution in [0.2, 0.25) is 6.04 Å². The van der Waals surface area contributed by atoms with Crippen LogP contribution in [-0.2, 0) is 27.6 Å². The maximum atomic E-state index is 11.5. The third-order valence-corrected chi connectivity index (χ3v) is 6.72. The van der Waals surface area contributed by atoms with Crippen molar-refractivity contribution in [3.05, 3.63) is 0 Å². The first-order chi connectivity index (χ1) is 9.96. The summed E-state index contributed by atoms with van der Waals surface area (Å²) in [7, 11) is -2.71. The Labute approximate surface area is 127 Å². The van der Waals surface area contributed by atoms with Crippen molar-refractivity contribution in [2.45, 2.75) is 46.6 Å². The van der Waals surface area contributed by atoms with Crippen LogP contribution in [0.5, 0.6) is 0 Å². The molecule has 1 aliphatic heterocycles. The molecule has 0 bridgehead atoms. The normalized spacial score (nSPS) is 20.7. The van der Waals surface area contributed by atoms with E-state index in [1.807, 2.05) is 27.7 Å². The van der Waals surface area contributed by atoms with Crippen molar-refractivity contribution in [1.29, 1.82) is 0 Å². The molecule has 2 unspecified atom stereocenters. The van der Waals surface area contributed by atoms with Gasteiger partial charge in [0.2, 0.25) is 0 Å². The van der Waals surface area contributed by atoms with Crippen LogP contribution in [-0.4, -0.2) is 40.6 Å². The summed E-state index contributed by atoms with van der Waals surface area (Å²) >= 11 is 0. The number of carbonyl (C=O) groups is 2. The first-order valence-corrected chi connectivity index (χ1v) is 9.55. The molecule has 0 aromatic rings. The van der Waals surface area contributed by atoms with Gasteiger partial charge in [0.25, 0.3) is 0 Å². The van der Waals surface area contributed by atoms with Gasteiger partial charge in [0.05, 0.1) is 12.3 Å². The molecule has 1 aliphatic rings. The summed E-state index contributed by atoms with van der Waals surface area (Å²) in [6, 6.07) is 0.639. The Kier molecular flexibility index (Phi) is 7.51. The Hall–Kier alpha value is -0.763. The fourth-order valence-corrected chi connectivity index (χ4v) is 5.60. The average Bonchev–Trinajstić information content (AvgIpc) is 2.68. The first-order valence-electron chi connectivity index (χ1n) is 7.62. The van der Waals surface area contributed by atoms with Crippen LogP contribution in [0.25, 0.3) is 0 Å². The van der Waals surface area contributed by atoms with Crippen molar-refractivity contribution in [2.75, 3.05) is 19.8 Å². The van der Waals surface area contributed by atoms with Crippen LogP contribution in [0.3, 0.4) is 0 Å². The molecule has 1 fully saturated rings. The Morgan fingerprint density at radius 3 is 2.05 bits per heavy atom. The quantitative estimate of drug-likeness (QED) is 0.349. The lowest BCUT2D eigenvalue weighted by Crippen LogP contribution is -2.47. The molecule has 7 heteroatoms. The lowest BCUT2D eigenvalue weighted by atomic mass is 9.96. The number of hydrogen-bond donors (Lipinski definition) is 0. The number of cyclic esters (lactones) is 2. The van der Waals surface area contributed by atoms with Gasteiger partial charge in [0.1, 0.15) is 0 Å². The van der Waals surface area contributed by atoms with Crippen molar-refractivity contribution in [1.82, 2.24) is 0 Å². The van der Waals surface area contributed by atoms with Gasteiger partial charge in [-0.2, -0.15) is 0 Å². The summed E-state index contributed by atoms with van der Waals surface area (Å²) in [6.45, 7) is 9.36. The minimum Gasteiger partial charge on any atom is -0.393 e. The molecule has 0 aromatic carbocycles. The van der Waals surface area contributed by atoms with Crippen LogP contribution >= 0.6 is 0 Å². The molecule has 1 heterocycles. The van der Waals surface area contributed by atoms with Gasteiger partial charge in [-0.3, -0.25) is 9.59 Å². The van der Waals surface area contributed by atoms with Crippen LogP contribution in [0.4, 0.5) is 0 Å². The summed E-state index contributed by atoms with van der Waals surface area (Å²) in [6.07, 6.45) is 0.766. The summed E-state index contributed by atoms with van der Waals surface area (Å²) in [5.41, 5.74) is 0. The Morgan fingerprint density at radius 1 is 1.14 bits per heavy atom. The van der Waals surface area contributed by atoms with E-state index >= 15 is 0 Å². The molecule has 0 amide bonds. The van der Waals surface area contributed by atoms with Crippen LogP contribution in [0, 0.1) is 11.8 Å². The zero-order valence-electron chi connectivity index (χ0n) is 13.3. The molecule has 0 saturated carbocycles. The predicted molar refractivity (Wildman–Crippen MR) is 78.4 cm³/mol. The van der Waals surface area contributed by atoms with Crippen molar-refractivity contribution in [3.8, 4) is 0 Å². The minimum atomic E-state index is -2.71. The van der Waals surface area contributed by atoms with Crippen LogP contribution < -0.4 is 0 Å². The van der Waals surface area contributed by atoms with E-state index in [4.69, 9.17) is 13.3 Å². The summed E-state index contributed by atoms with van der Waals surface area (Å²) in [5.74, 6) is -1.03. The van der Waals surface area contributed by atoms with Gasteiger partial charge in [-0.15, -0.1) is 0 Å². The third-order valence-electron chi connectivity index (χ3n) is 3.34. The molecule has 1 saturated heterocycles. The zero-order valence-corrected chi connectivity index (χ0v) is 14.3. The molecule has 2 atom stereocenters. The molecule has 0 N–H and O–H groups in total. The largest absolute Gasteiger partial charge is 0.501 e. The molecule has 0 aliphatic carbocycles. The molecule has 0 radical (unpaired) electrons. The standard InChI is InChI=1S/C14H26O6Si/c1-5-17-21(18-6-2,19-7-3)10-11(4)8-12-9-13(15)20-14(12)16/h11-12H,5-10H2,1-4H3. The molecule has 0 aromatic heterocycles. The molecule has 0 spiro atoms. The highest BCUT2D eigenvalue weighted by atomic mass is 28.4. The topological polar surface area (TPSA) is 71.1 Å². The van der Waals surface area contributed by atoms with Gasteiger partial charge >= 0.3 is 20.7 Å². The van der Waals surface area contributed by atoms with Gasteiger partial charge in [-0.05, 0) is 33.1 Å². The van der Waals surface area contributed by atoms with Crippen molar-refractivity contribution in [2.24, 2.45) is 11.8 Å². The number of esters is 2. The van der Waals surface area contributed by atoms with E-state index in [1.165, 1.54) is 0 Å². The Bertz CT molecular complexity index is 342. The third kappa shape index (κ3) is 5.50. The highest BCUT2D eigenvalue weighted by molar-refractivity contribution is 6.60. The second kappa shape index (κ2) is 8.62. The van der Waals surface area contributed by atoms with E-state index in [9.17, 15) is 9.59 Å². The number of rotatable bonds is 10. The zero-order chi connectivity index (χ0) is 15.9. The highest BCUT2D eigenvalue weighted by Crippen LogP contribution is 2.30. The minimum absolute atomic E-state index is 0.157. The van der Waals surface area contributed by atoms with Gasteiger partial charge < -0.3 is 18.0 Å². The average molecular weight is 318 g/mol. The molecular weight excluding hydrogens is 292 g/mol. The van der Waals surface area contributed by atoms with Crippen LogP contribution in [0.15, 0.2) is 0 Å². The Morgan fingerprint density at radius 2 is 1.67 bits per heavy atom. The second-order valence-electron chi connectivity index (χ2n) is 5.22. The van der Waals surface area contributed by atoms with Gasteiger partial charge in [-0.25, -0.2) is 0 Å². The Balaban J connectivity index is 2.63. The van der Waals surface area contributed by atoms with E-state index in [0.29, 0.717) is 32.3 Å². The molecule has 1 rings (SSSR count). The maximum absolute atomic E-state index is 11.5. The van der Waals surface area contributed by atoms with Crippen molar-refractivity contribution < 1.29 is 27.6 Å². The monoisotopic (exact) mass is 318 g/mol. The number of ether oxygens (including phenoxy) is 1. The van der Waals surface area contributed by atoms with E-state index in [0.717, 1.165) is 0 Å². The van der Waals surface area contributed by atoms with E-state index in [2.05, 4.69) is 4.74 Å². The van der Waals surface area contributed by atoms with Crippen molar-refractivity contribution >= 4 is 20.7 Å². The molecule has 21 heavy (non-hydrogen) atoms. The predicted octanol–water partition coefficient (Wildman–Crippen LogP) is 2.15. The summed E-state index contributed by atoms with van der Waals surface area (Å²) < 4.78 is 22.0. The fourth-order valence-electron chi connectivity index (χ4n) is 2.66. The maximum Gasteiger partial charge on any atom is 0.501 e. The number of carbonyl (C=O) groups excluding carboxylic acids is 2. The lowest BCUT2D eigenvalue weighted by Gasteiger charge is -2.31. The van der Waals surface area contributed by atoms with Crippen LogP contribution in [0.1, 0.15) is 40.5 Å². The SMILES string of the molecule is CCO[Si](CC(C)CC1CC(=O)OC1=O)(OCC)OCC. The fraction of sp³-hybridized carbons (Fsp3) is 0.857. The molecular formula is C14H26O6Si. The number of hydrogen-bond acceptors (Lipinski definition) is 6. The van der Waals surface area contributed by atoms with E-state index in [-0.39, 0.29) is 18.3 Å². The second-order valence-corrected chi connectivity index (χ2v) is 7.86. The van der Waals surface area contributed by atoms with Gasteiger partial charge in [-0.1, -0.05) is 6.92 Å².